The van der Waals surface area contributed by atoms with Crippen LogP contribution >= 0.6 is 11.8 Å². The summed E-state index contributed by atoms with van der Waals surface area (Å²) in [6.45, 7) is 3.51. The molecule has 2 aromatic rings. The quantitative estimate of drug-likeness (QED) is 0.823. The Hall–Kier alpha value is -1.33. The number of benzene rings is 1. The van der Waals surface area contributed by atoms with Crippen LogP contribution in [0, 0.1) is 0 Å². The lowest BCUT2D eigenvalue weighted by Crippen LogP contribution is -2.21. The van der Waals surface area contributed by atoms with E-state index in [2.05, 4.69) is 22.3 Å². The van der Waals surface area contributed by atoms with E-state index in [-0.39, 0.29) is 0 Å². The maximum absolute atomic E-state index is 9.63. The Morgan fingerprint density at radius 3 is 2.58 bits per heavy atom. The maximum Gasteiger partial charge on any atom is 0.276 e. The van der Waals surface area contributed by atoms with Crippen molar-refractivity contribution in [1.82, 2.24) is 10.2 Å². The van der Waals surface area contributed by atoms with Gasteiger partial charge < -0.3 is 9.52 Å². The first-order valence-corrected chi connectivity index (χ1v) is 7.23. The van der Waals surface area contributed by atoms with Crippen molar-refractivity contribution in [3.05, 3.63) is 41.8 Å². The fourth-order valence-electron chi connectivity index (χ4n) is 1.53. The van der Waals surface area contributed by atoms with E-state index in [4.69, 9.17) is 4.42 Å². The molecule has 0 amide bonds. The lowest BCUT2D eigenvalue weighted by molar-refractivity contribution is 0.106. The molecule has 0 radical (unpaired) electrons. The number of aliphatic hydroxyl groups is 1. The standard InChI is InChI=1S/C14H18N2O2S/c1-14(2,17)10-19-13-16-15-12(18-13)9-8-11-6-4-3-5-7-11/h3-7,17H,8-10H2,1-2H3. The van der Waals surface area contributed by atoms with Gasteiger partial charge in [-0.3, -0.25) is 0 Å². The molecule has 1 aromatic carbocycles. The van der Waals surface area contributed by atoms with Crippen molar-refractivity contribution in [3.8, 4) is 0 Å². The minimum Gasteiger partial charge on any atom is -0.416 e. The average Bonchev–Trinajstić information content (AvgIpc) is 2.82. The van der Waals surface area contributed by atoms with Gasteiger partial charge in [0.05, 0.1) is 5.60 Å². The van der Waals surface area contributed by atoms with Crippen LogP contribution in [0.3, 0.4) is 0 Å². The molecule has 0 fully saturated rings. The molecule has 0 aliphatic carbocycles. The van der Waals surface area contributed by atoms with Crippen molar-refractivity contribution < 1.29 is 9.52 Å². The first-order chi connectivity index (χ1) is 9.03. The van der Waals surface area contributed by atoms with E-state index in [0.717, 1.165) is 12.8 Å². The molecule has 2 rings (SSSR count). The van der Waals surface area contributed by atoms with E-state index >= 15 is 0 Å². The fourth-order valence-corrected chi connectivity index (χ4v) is 2.26. The molecule has 5 heteroatoms. The second-order valence-electron chi connectivity index (χ2n) is 5.05. The summed E-state index contributed by atoms with van der Waals surface area (Å²) in [5.74, 6) is 1.18. The topological polar surface area (TPSA) is 59.2 Å². The molecule has 0 aliphatic rings. The first kappa shape index (κ1) is 14.1. The number of rotatable bonds is 6. The van der Waals surface area contributed by atoms with Crippen LogP contribution in [-0.2, 0) is 12.8 Å². The maximum atomic E-state index is 9.63. The third-order valence-corrected chi connectivity index (χ3v) is 3.73. The number of aromatic nitrogens is 2. The molecule has 0 unspecified atom stereocenters. The van der Waals surface area contributed by atoms with E-state index < -0.39 is 5.60 Å². The Balaban J connectivity index is 1.84. The van der Waals surface area contributed by atoms with Crippen molar-refractivity contribution in [2.24, 2.45) is 0 Å². The fraction of sp³-hybridized carbons (Fsp3) is 0.429. The van der Waals surface area contributed by atoms with Crippen molar-refractivity contribution in [1.29, 1.82) is 0 Å². The Kier molecular flexibility index (Phi) is 4.61. The third kappa shape index (κ3) is 5.04. The molecule has 102 valence electrons. The Labute approximate surface area is 117 Å². The number of nitrogens with zero attached hydrogens (tertiary/aromatic N) is 2. The molecule has 0 atom stereocenters. The Morgan fingerprint density at radius 1 is 1.16 bits per heavy atom. The molecule has 0 saturated heterocycles. The van der Waals surface area contributed by atoms with E-state index in [1.807, 2.05) is 18.2 Å². The zero-order chi connectivity index (χ0) is 13.7. The van der Waals surface area contributed by atoms with E-state index in [9.17, 15) is 5.11 Å². The van der Waals surface area contributed by atoms with Gasteiger partial charge in [-0.1, -0.05) is 42.1 Å². The zero-order valence-electron chi connectivity index (χ0n) is 11.2. The minimum atomic E-state index is -0.733. The molecular formula is C14H18N2O2S. The van der Waals surface area contributed by atoms with Crippen LogP contribution in [0.4, 0.5) is 0 Å². The van der Waals surface area contributed by atoms with Crippen molar-refractivity contribution in [3.63, 3.8) is 0 Å². The highest BCUT2D eigenvalue weighted by Crippen LogP contribution is 2.21. The molecule has 1 N–H and O–H groups in total. The summed E-state index contributed by atoms with van der Waals surface area (Å²) in [6, 6.07) is 10.2. The second kappa shape index (κ2) is 6.21. The van der Waals surface area contributed by atoms with Gasteiger partial charge in [0.25, 0.3) is 5.22 Å². The van der Waals surface area contributed by atoms with Gasteiger partial charge in [0.1, 0.15) is 0 Å². The number of hydrogen-bond acceptors (Lipinski definition) is 5. The average molecular weight is 278 g/mol. The van der Waals surface area contributed by atoms with Crippen LogP contribution in [0.2, 0.25) is 0 Å². The molecule has 0 aliphatic heterocycles. The zero-order valence-corrected chi connectivity index (χ0v) is 12.0. The van der Waals surface area contributed by atoms with Crippen molar-refractivity contribution in [2.45, 2.75) is 37.5 Å². The molecule has 0 spiro atoms. The minimum absolute atomic E-state index is 0.519. The highest BCUT2D eigenvalue weighted by Gasteiger charge is 2.15. The number of thioether (sulfide) groups is 1. The van der Waals surface area contributed by atoms with Gasteiger partial charge in [0, 0.05) is 12.2 Å². The monoisotopic (exact) mass is 278 g/mol. The summed E-state index contributed by atoms with van der Waals surface area (Å²) in [4.78, 5) is 0. The summed E-state index contributed by atoms with van der Waals surface area (Å²) >= 11 is 1.38. The lowest BCUT2D eigenvalue weighted by atomic mass is 10.1. The van der Waals surface area contributed by atoms with Gasteiger partial charge in [0.2, 0.25) is 5.89 Å². The molecular weight excluding hydrogens is 260 g/mol. The Morgan fingerprint density at radius 2 is 1.89 bits per heavy atom. The van der Waals surface area contributed by atoms with Gasteiger partial charge in [-0.25, -0.2) is 0 Å². The lowest BCUT2D eigenvalue weighted by Gasteiger charge is -2.13. The molecule has 1 aromatic heterocycles. The highest BCUT2D eigenvalue weighted by atomic mass is 32.2. The van der Waals surface area contributed by atoms with Crippen LogP contribution in [0.1, 0.15) is 25.3 Å². The SMILES string of the molecule is CC(C)(O)CSc1nnc(CCc2ccccc2)o1. The van der Waals surface area contributed by atoms with Gasteiger partial charge in [-0.05, 0) is 25.8 Å². The van der Waals surface area contributed by atoms with Crippen molar-refractivity contribution in [2.75, 3.05) is 5.75 Å². The van der Waals surface area contributed by atoms with E-state index in [1.54, 1.807) is 13.8 Å². The largest absolute Gasteiger partial charge is 0.416 e. The summed E-state index contributed by atoms with van der Waals surface area (Å²) < 4.78 is 5.53. The van der Waals surface area contributed by atoms with Gasteiger partial charge in [-0.2, -0.15) is 0 Å². The predicted molar refractivity (Wildman–Crippen MR) is 75.2 cm³/mol. The normalized spacial score (nSPS) is 11.7. The second-order valence-corrected chi connectivity index (χ2v) is 5.98. The molecule has 1 heterocycles. The van der Waals surface area contributed by atoms with Gasteiger partial charge in [-0.15, -0.1) is 10.2 Å². The Bertz CT molecular complexity index is 506. The number of aryl methyl sites for hydroxylation is 2. The summed E-state index contributed by atoms with van der Waals surface area (Å²) in [7, 11) is 0. The van der Waals surface area contributed by atoms with Crippen LogP contribution in [0.15, 0.2) is 40.0 Å². The summed E-state index contributed by atoms with van der Waals surface area (Å²) in [6.07, 6.45) is 1.62. The van der Waals surface area contributed by atoms with E-state index in [1.165, 1.54) is 17.3 Å². The first-order valence-electron chi connectivity index (χ1n) is 6.24. The van der Waals surface area contributed by atoms with Crippen LogP contribution < -0.4 is 0 Å². The third-order valence-electron chi connectivity index (χ3n) is 2.47. The van der Waals surface area contributed by atoms with Crippen molar-refractivity contribution >= 4 is 11.8 Å². The van der Waals surface area contributed by atoms with Crippen LogP contribution in [-0.4, -0.2) is 26.7 Å². The van der Waals surface area contributed by atoms with Gasteiger partial charge in [0.15, 0.2) is 0 Å². The molecule has 19 heavy (non-hydrogen) atoms. The molecule has 0 bridgehead atoms. The predicted octanol–water partition coefficient (Wildman–Crippen LogP) is 2.72. The summed E-state index contributed by atoms with van der Waals surface area (Å²) in [5.41, 5.74) is 0.523. The van der Waals surface area contributed by atoms with Crippen LogP contribution in [0.25, 0.3) is 0 Å². The van der Waals surface area contributed by atoms with Crippen LogP contribution in [0.5, 0.6) is 0 Å². The molecule has 0 saturated carbocycles. The molecule has 4 nitrogen and oxygen atoms in total. The smallest absolute Gasteiger partial charge is 0.276 e. The van der Waals surface area contributed by atoms with E-state index in [0.29, 0.717) is 16.9 Å². The van der Waals surface area contributed by atoms with Gasteiger partial charge >= 0.3 is 0 Å². The summed E-state index contributed by atoms with van der Waals surface area (Å²) in [5, 5.41) is 18.1. The highest BCUT2D eigenvalue weighted by molar-refractivity contribution is 7.99. The number of hydrogen-bond donors (Lipinski definition) is 1.